The molecule has 0 bridgehead atoms. The molecule has 1 atom stereocenters. The Morgan fingerprint density at radius 2 is 2.31 bits per heavy atom. The van der Waals surface area contributed by atoms with Crippen LogP contribution in [-0.4, -0.2) is 46.2 Å². The van der Waals surface area contributed by atoms with Gasteiger partial charge in [0.1, 0.15) is 12.5 Å². The fraction of sp³-hybridized carbons (Fsp3) is 0.667. The first-order valence-electron chi connectivity index (χ1n) is 5.07. The summed E-state index contributed by atoms with van der Waals surface area (Å²) in [6.45, 7) is 1.79. The number of aliphatic hydroxyl groups is 1. The van der Waals surface area contributed by atoms with Crippen LogP contribution < -0.4 is 10.6 Å². The minimum absolute atomic E-state index is 0.165. The fourth-order valence-electron chi connectivity index (χ4n) is 1.20. The molecular formula is C9H16FN5O. The van der Waals surface area contributed by atoms with Gasteiger partial charge in [0.2, 0.25) is 5.95 Å². The van der Waals surface area contributed by atoms with Gasteiger partial charge in [0.15, 0.2) is 0 Å². The quantitative estimate of drug-likeness (QED) is 0.714. The first-order chi connectivity index (χ1) is 7.63. The Morgan fingerprint density at radius 1 is 1.56 bits per heavy atom. The highest BCUT2D eigenvalue weighted by Gasteiger charge is 2.11. The molecule has 0 amide bonds. The number of nitrogen functional groups attached to an aromatic ring is 1. The number of hydrogen-bond donors (Lipinski definition) is 2. The zero-order valence-corrected chi connectivity index (χ0v) is 9.17. The van der Waals surface area contributed by atoms with Gasteiger partial charge in [-0.3, -0.25) is 0 Å². The van der Waals surface area contributed by atoms with E-state index in [0.29, 0.717) is 18.9 Å². The Labute approximate surface area is 93.3 Å². The second-order valence-corrected chi connectivity index (χ2v) is 3.49. The predicted molar refractivity (Wildman–Crippen MR) is 58.7 cm³/mol. The molecule has 0 aliphatic heterocycles. The first kappa shape index (κ1) is 12.6. The summed E-state index contributed by atoms with van der Waals surface area (Å²) in [6.07, 6.45) is 1.39. The number of alkyl halides is 1. The van der Waals surface area contributed by atoms with Gasteiger partial charge in [-0.15, -0.1) is 5.10 Å². The molecular weight excluding hydrogens is 213 g/mol. The van der Waals surface area contributed by atoms with Gasteiger partial charge in [0.05, 0.1) is 12.3 Å². The lowest BCUT2D eigenvalue weighted by molar-refractivity contribution is 0.186. The van der Waals surface area contributed by atoms with Crippen LogP contribution in [0.5, 0.6) is 0 Å². The monoisotopic (exact) mass is 229 g/mol. The van der Waals surface area contributed by atoms with Crippen molar-refractivity contribution in [1.82, 2.24) is 15.2 Å². The number of halogens is 1. The van der Waals surface area contributed by atoms with E-state index in [0.717, 1.165) is 0 Å². The van der Waals surface area contributed by atoms with E-state index in [1.54, 1.807) is 11.8 Å². The van der Waals surface area contributed by atoms with Crippen molar-refractivity contribution in [3.8, 4) is 0 Å². The van der Waals surface area contributed by atoms with E-state index in [1.807, 2.05) is 0 Å². The summed E-state index contributed by atoms with van der Waals surface area (Å²) in [5.41, 5.74) is 5.47. The van der Waals surface area contributed by atoms with E-state index >= 15 is 0 Å². The second kappa shape index (κ2) is 6.16. The predicted octanol–water partition coefficient (Wildman–Crippen LogP) is 0.000600. The summed E-state index contributed by atoms with van der Waals surface area (Å²) in [4.78, 5) is 5.56. The van der Waals surface area contributed by atoms with Crippen molar-refractivity contribution >= 4 is 11.8 Å². The van der Waals surface area contributed by atoms with Crippen LogP contribution in [-0.2, 0) is 0 Å². The van der Waals surface area contributed by atoms with Gasteiger partial charge in [0.25, 0.3) is 0 Å². The summed E-state index contributed by atoms with van der Waals surface area (Å²) in [6, 6.07) is 0. The Kier molecular flexibility index (Phi) is 4.84. The van der Waals surface area contributed by atoms with Crippen LogP contribution in [0.4, 0.5) is 16.2 Å². The maximum Gasteiger partial charge on any atom is 0.247 e. The van der Waals surface area contributed by atoms with Gasteiger partial charge in [-0.2, -0.15) is 10.1 Å². The number of rotatable bonds is 6. The number of nitrogens with zero attached hydrogens (tertiary/aromatic N) is 4. The van der Waals surface area contributed by atoms with Gasteiger partial charge < -0.3 is 15.7 Å². The molecule has 1 heterocycles. The van der Waals surface area contributed by atoms with Crippen molar-refractivity contribution in [3.63, 3.8) is 0 Å². The summed E-state index contributed by atoms with van der Waals surface area (Å²) in [5, 5.41) is 16.6. The Balaban J connectivity index is 2.68. The molecule has 1 aromatic heterocycles. The van der Waals surface area contributed by atoms with Crippen LogP contribution in [0.1, 0.15) is 13.3 Å². The second-order valence-electron chi connectivity index (χ2n) is 3.49. The molecule has 1 aromatic rings. The summed E-state index contributed by atoms with van der Waals surface area (Å²) >= 11 is 0. The lowest BCUT2D eigenvalue weighted by atomic mass is 10.3. The minimum Gasteiger partial charge on any atom is -0.393 e. The van der Waals surface area contributed by atoms with Crippen LogP contribution in [0.25, 0.3) is 0 Å². The Bertz CT molecular complexity index is 323. The smallest absolute Gasteiger partial charge is 0.247 e. The van der Waals surface area contributed by atoms with Crippen LogP contribution in [0.3, 0.4) is 0 Å². The molecule has 0 spiro atoms. The van der Waals surface area contributed by atoms with E-state index in [2.05, 4.69) is 15.2 Å². The van der Waals surface area contributed by atoms with Crippen molar-refractivity contribution < 1.29 is 9.50 Å². The number of aromatic nitrogens is 3. The molecule has 3 N–H and O–H groups in total. The van der Waals surface area contributed by atoms with Gasteiger partial charge >= 0.3 is 0 Å². The molecule has 0 fully saturated rings. The molecule has 0 unspecified atom stereocenters. The normalized spacial score (nSPS) is 12.4. The van der Waals surface area contributed by atoms with Crippen LogP contribution in [0, 0.1) is 0 Å². The van der Waals surface area contributed by atoms with Crippen molar-refractivity contribution in [2.24, 2.45) is 0 Å². The Morgan fingerprint density at radius 3 is 2.88 bits per heavy atom. The molecule has 0 saturated heterocycles. The topological polar surface area (TPSA) is 88.2 Å². The molecule has 0 radical (unpaired) electrons. The van der Waals surface area contributed by atoms with Crippen LogP contribution in [0.2, 0.25) is 0 Å². The summed E-state index contributed by atoms with van der Waals surface area (Å²) in [5.74, 6) is 0.532. The van der Waals surface area contributed by atoms with Crippen molar-refractivity contribution in [2.45, 2.75) is 19.4 Å². The molecule has 16 heavy (non-hydrogen) atoms. The molecule has 0 aliphatic rings. The molecule has 90 valence electrons. The van der Waals surface area contributed by atoms with E-state index < -0.39 is 12.8 Å². The Hall–Kier alpha value is -1.50. The van der Waals surface area contributed by atoms with Gasteiger partial charge in [-0.25, -0.2) is 4.39 Å². The van der Waals surface area contributed by atoms with Crippen molar-refractivity contribution in [1.29, 1.82) is 0 Å². The lowest BCUT2D eigenvalue weighted by Gasteiger charge is -2.21. The molecule has 6 nitrogen and oxygen atoms in total. The lowest BCUT2D eigenvalue weighted by Crippen LogP contribution is -2.30. The van der Waals surface area contributed by atoms with E-state index in [4.69, 9.17) is 10.8 Å². The zero-order valence-electron chi connectivity index (χ0n) is 9.17. The number of hydrogen-bond acceptors (Lipinski definition) is 6. The maximum absolute atomic E-state index is 12.3. The van der Waals surface area contributed by atoms with E-state index in [9.17, 15) is 4.39 Å². The third kappa shape index (κ3) is 3.93. The molecule has 0 aliphatic carbocycles. The number of aliphatic hydroxyl groups excluding tert-OH is 1. The fourth-order valence-corrected chi connectivity index (χ4v) is 1.20. The third-order valence-corrected chi connectivity index (χ3v) is 2.02. The SMILES string of the molecule is C[C@H](O)CCN(CCF)c1nncc(N)n1. The van der Waals surface area contributed by atoms with Gasteiger partial charge in [0, 0.05) is 13.1 Å². The third-order valence-electron chi connectivity index (χ3n) is 2.02. The molecule has 1 rings (SSSR count). The average molecular weight is 229 g/mol. The largest absolute Gasteiger partial charge is 0.393 e. The van der Waals surface area contributed by atoms with Gasteiger partial charge in [-0.1, -0.05) is 0 Å². The maximum atomic E-state index is 12.3. The van der Waals surface area contributed by atoms with E-state index in [1.165, 1.54) is 6.20 Å². The molecule has 0 saturated carbocycles. The molecule has 7 heteroatoms. The number of anilines is 2. The van der Waals surface area contributed by atoms with Crippen molar-refractivity contribution in [2.75, 3.05) is 30.4 Å². The minimum atomic E-state index is -0.516. The molecule has 0 aromatic carbocycles. The van der Waals surface area contributed by atoms with Crippen LogP contribution in [0.15, 0.2) is 6.20 Å². The highest BCUT2D eigenvalue weighted by Crippen LogP contribution is 2.08. The highest BCUT2D eigenvalue weighted by atomic mass is 19.1. The van der Waals surface area contributed by atoms with E-state index in [-0.39, 0.29) is 12.4 Å². The summed E-state index contributed by atoms with van der Waals surface area (Å²) < 4.78 is 12.3. The highest BCUT2D eigenvalue weighted by molar-refractivity contribution is 5.35. The zero-order chi connectivity index (χ0) is 12.0. The van der Waals surface area contributed by atoms with Crippen LogP contribution >= 0.6 is 0 Å². The first-order valence-corrected chi connectivity index (χ1v) is 5.07. The standard InChI is InChI=1S/C9H16FN5O/c1-7(16)2-4-15(5-3-10)9-13-8(11)6-12-14-9/h6-7,16H,2-5H2,1H3,(H2,11,13,14)/t7-/m0/s1. The average Bonchev–Trinajstić information content (AvgIpc) is 2.24. The number of nitrogens with two attached hydrogens (primary N) is 1. The summed E-state index contributed by atoms with van der Waals surface area (Å²) in [7, 11) is 0. The van der Waals surface area contributed by atoms with Crippen molar-refractivity contribution in [3.05, 3.63) is 6.20 Å². The van der Waals surface area contributed by atoms with Gasteiger partial charge in [-0.05, 0) is 13.3 Å².